The van der Waals surface area contributed by atoms with Crippen LogP contribution in [-0.2, 0) is 20.0 Å². The largest absolute Gasteiger partial charge is 0.312 e. The molecule has 2 rings (SSSR count). The Kier molecular flexibility index (Phi) is 3.99. The van der Waals surface area contributed by atoms with Gasteiger partial charge in [-0.2, -0.15) is 16.9 Å². The van der Waals surface area contributed by atoms with Crippen molar-refractivity contribution in [3.05, 3.63) is 11.5 Å². The summed E-state index contributed by atoms with van der Waals surface area (Å²) >= 11 is 7.67. The van der Waals surface area contributed by atoms with Crippen molar-refractivity contribution in [2.45, 2.75) is 19.9 Å². The average Bonchev–Trinajstić information content (AvgIpc) is 2.77. The van der Waals surface area contributed by atoms with Crippen molar-refractivity contribution in [1.29, 1.82) is 0 Å². The minimum absolute atomic E-state index is 0.606. The summed E-state index contributed by atoms with van der Waals surface area (Å²) in [6.45, 7) is 2.96. The van der Waals surface area contributed by atoms with E-state index < -0.39 is 0 Å². The molecule has 0 saturated carbocycles. The first-order chi connectivity index (χ1) is 8.19. The molecule has 0 amide bonds. The lowest BCUT2D eigenvalue weighted by molar-refractivity contribution is 0.680. The monoisotopic (exact) mass is 272 g/mol. The van der Waals surface area contributed by atoms with Crippen LogP contribution in [0.4, 0.5) is 0 Å². The van der Waals surface area contributed by atoms with Crippen LogP contribution in [0.1, 0.15) is 11.5 Å². The summed E-state index contributed by atoms with van der Waals surface area (Å²) in [7, 11) is 1.97. The van der Waals surface area contributed by atoms with E-state index in [9.17, 15) is 0 Å². The molecule has 2 aromatic heterocycles. The van der Waals surface area contributed by atoms with Crippen molar-refractivity contribution in [1.82, 2.24) is 19.3 Å². The van der Waals surface area contributed by atoms with E-state index in [4.69, 9.17) is 11.6 Å². The number of hydrogen-bond acceptors (Lipinski definition) is 3. The molecule has 0 aliphatic carbocycles. The predicted molar refractivity (Wildman–Crippen MR) is 74.0 cm³/mol. The minimum Gasteiger partial charge on any atom is -0.312 e. The summed E-state index contributed by atoms with van der Waals surface area (Å²) in [6.07, 6.45) is 2.92. The molecular weight excluding hydrogens is 256 g/mol. The lowest BCUT2D eigenvalue weighted by atomic mass is 10.4. The minimum atomic E-state index is 0.606. The Bertz CT molecular complexity index is 517. The third-order valence-electron chi connectivity index (χ3n) is 2.81. The first kappa shape index (κ1) is 12.8. The second-order valence-electron chi connectivity index (χ2n) is 3.99. The highest BCUT2D eigenvalue weighted by atomic mass is 35.5. The third kappa shape index (κ3) is 2.31. The highest BCUT2D eigenvalue weighted by Crippen LogP contribution is 2.20. The van der Waals surface area contributed by atoms with Gasteiger partial charge in [-0.05, 0) is 13.2 Å². The van der Waals surface area contributed by atoms with Gasteiger partial charge in [-0.3, -0.25) is 4.68 Å². The zero-order chi connectivity index (χ0) is 12.4. The van der Waals surface area contributed by atoms with Gasteiger partial charge >= 0.3 is 0 Å². The molecule has 0 aliphatic heterocycles. The average molecular weight is 273 g/mol. The molecule has 0 fully saturated rings. The molecular formula is C11H17ClN4S. The van der Waals surface area contributed by atoms with E-state index in [1.54, 1.807) is 0 Å². The predicted octanol–water partition coefficient (Wildman–Crippen LogP) is 2.22. The van der Waals surface area contributed by atoms with Gasteiger partial charge in [0.1, 0.15) is 11.3 Å². The molecule has 0 radical (unpaired) electrons. The third-order valence-corrected chi connectivity index (χ3v) is 3.59. The van der Waals surface area contributed by atoms with Crippen molar-refractivity contribution < 1.29 is 0 Å². The molecule has 0 unspecified atom stereocenters. The molecule has 17 heavy (non-hydrogen) atoms. The number of imidazole rings is 1. The van der Waals surface area contributed by atoms with E-state index in [1.165, 1.54) is 0 Å². The van der Waals surface area contributed by atoms with Crippen molar-refractivity contribution in [3.8, 4) is 0 Å². The fraction of sp³-hybridized carbons (Fsp3) is 0.636. The number of aromatic nitrogens is 4. The number of aryl methyl sites for hydroxylation is 4. The molecule has 4 nitrogen and oxygen atoms in total. The van der Waals surface area contributed by atoms with Gasteiger partial charge in [-0.15, -0.1) is 11.6 Å². The number of nitrogens with zero attached hydrogens (tertiary/aromatic N) is 4. The van der Waals surface area contributed by atoms with Gasteiger partial charge in [0.15, 0.2) is 5.65 Å². The molecule has 0 saturated heterocycles. The Hall–Kier alpha value is -0.680. The smallest absolute Gasteiger partial charge is 0.158 e. The Morgan fingerprint density at radius 1 is 1.41 bits per heavy atom. The first-order valence-electron chi connectivity index (χ1n) is 5.62. The van der Waals surface area contributed by atoms with Crippen molar-refractivity contribution in [3.63, 3.8) is 0 Å². The fourth-order valence-electron chi connectivity index (χ4n) is 2.07. The first-order valence-corrected chi connectivity index (χ1v) is 7.55. The molecule has 0 spiro atoms. The number of hydrogen-bond donors (Lipinski definition) is 0. The van der Waals surface area contributed by atoms with Gasteiger partial charge < -0.3 is 4.57 Å². The van der Waals surface area contributed by atoms with Gasteiger partial charge in [0.25, 0.3) is 0 Å². The maximum Gasteiger partial charge on any atom is 0.158 e. The Labute approximate surface area is 110 Å². The summed E-state index contributed by atoms with van der Waals surface area (Å²) in [5, 5.41) is 4.41. The van der Waals surface area contributed by atoms with Gasteiger partial charge in [0.05, 0.1) is 5.69 Å². The summed E-state index contributed by atoms with van der Waals surface area (Å²) in [6, 6.07) is 0. The second kappa shape index (κ2) is 5.31. The molecule has 6 heteroatoms. The van der Waals surface area contributed by atoms with Crippen LogP contribution in [0, 0.1) is 6.92 Å². The topological polar surface area (TPSA) is 35.6 Å². The maximum atomic E-state index is 5.84. The molecule has 2 aromatic rings. The molecule has 0 bridgehead atoms. The lowest BCUT2D eigenvalue weighted by Gasteiger charge is -2.07. The highest BCUT2D eigenvalue weighted by molar-refractivity contribution is 7.98. The number of rotatable bonds is 5. The zero-order valence-electron chi connectivity index (χ0n) is 10.4. The SMILES string of the molecule is CSCCn1c(CCCl)nc2c(C)nn(C)c21. The summed E-state index contributed by atoms with van der Waals surface area (Å²) in [5.41, 5.74) is 3.10. The van der Waals surface area contributed by atoms with E-state index in [1.807, 2.05) is 30.4 Å². The van der Waals surface area contributed by atoms with Crippen LogP contribution >= 0.6 is 23.4 Å². The van der Waals surface area contributed by atoms with Crippen molar-refractivity contribution in [2.75, 3.05) is 17.9 Å². The van der Waals surface area contributed by atoms with E-state index in [0.717, 1.165) is 41.4 Å². The van der Waals surface area contributed by atoms with E-state index in [-0.39, 0.29) is 0 Å². The molecule has 0 atom stereocenters. The van der Waals surface area contributed by atoms with Crippen LogP contribution in [-0.4, -0.2) is 37.2 Å². The molecule has 0 aliphatic rings. The van der Waals surface area contributed by atoms with Crippen molar-refractivity contribution >= 4 is 34.5 Å². The Balaban J connectivity index is 2.52. The van der Waals surface area contributed by atoms with Gasteiger partial charge in [0.2, 0.25) is 0 Å². The number of halogens is 1. The van der Waals surface area contributed by atoms with Crippen LogP contribution in [0.25, 0.3) is 11.2 Å². The number of alkyl halides is 1. The summed E-state index contributed by atoms with van der Waals surface area (Å²) in [4.78, 5) is 4.66. The van der Waals surface area contributed by atoms with Gasteiger partial charge in [-0.1, -0.05) is 0 Å². The normalized spacial score (nSPS) is 11.5. The van der Waals surface area contributed by atoms with E-state index in [0.29, 0.717) is 5.88 Å². The molecule has 0 N–H and O–H groups in total. The second-order valence-corrected chi connectivity index (χ2v) is 5.36. The number of thioether (sulfide) groups is 1. The quantitative estimate of drug-likeness (QED) is 0.783. The summed E-state index contributed by atoms with van der Waals surface area (Å²) in [5.74, 6) is 2.75. The molecule has 0 aromatic carbocycles. The highest BCUT2D eigenvalue weighted by Gasteiger charge is 2.16. The number of fused-ring (bicyclic) bond motifs is 1. The fourth-order valence-corrected chi connectivity index (χ4v) is 2.61. The van der Waals surface area contributed by atoms with E-state index in [2.05, 4.69) is 20.9 Å². The maximum absolute atomic E-state index is 5.84. The van der Waals surface area contributed by atoms with Crippen LogP contribution < -0.4 is 0 Å². The Morgan fingerprint density at radius 3 is 2.82 bits per heavy atom. The van der Waals surface area contributed by atoms with Crippen LogP contribution in [0.3, 0.4) is 0 Å². The standard InChI is InChI=1S/C11H17ClN4S/c1-8-10-11(15(2)14-8)16(6-7-17-3)9(13-10)4-5-12/h4-7H2,1-3H3. The van der Waals surface area contributed by atoms with E-state index >= 15 is 0 Å². The Morgan fingerprint density at radius 2 is 2.18 bits per heavy atom. The van der Waals surface area contributed by atoms with Gasteiger partial charge in [0, 0.05) is 31.6 Å². The zero-order valence-corrected chi connectivity index (χ0v) is 12.0. The van der Waals surface area contributed by atoms with Crippen molar-refractivity contribution in [2.24, 2.45) is 7.05 Å². The van der Waals surface area contributed by atoms with Gasteiger partial charge in [-0.25, -0.2) is 4.98 Å². The lowest BCUT2D eigenvalue weighted by Crippen LogP contribution is -2.09. The molecule has 94 valence electrons. The molecule has 2 heterocycles. The van der Waals surface area contributed by atoms with Crippen LogP contribution in [0.2, 0.25) is 0 Å². The van der Waals surface area contributed by atoms with Crippen LogP contribution in [0.5, 0.6) is 0 Å². The summed E-state index contributed by atoms with van der Waals surface area (Å²) < 4.78 is 4.16. The van der Waals surface area contributed by atoms with Crippen LogP contribution in [0.15, 0.2) is 0 Å².